The largest absolute Gasteiger partial charge is 0.494 e. The highest BCUT2D eigenvalue weighted by atomic mass is 16.5. The van der Waals surface area contributed by atoms with Gasteiger partial charge in [-0.25, -0.2) is 4.98 Å². The van der Waals surface area contributed by atoms with Crippen molar-refractivity contribution in [2.24, 2.45) is 0 Å². The molecule has 3 aromatic rings. The minimum Gasteiger partial charge on any atom is -0.494 e. The molecule has 2 aromatic carbocycles. The third kappa shape index (κ3) is 5.52. The summed E-state index contributed by atoms with van der Waals surface area (Å²) in [5, 5.41) is 0.979. The molecule has 1 aliphatic rings. The van der Waals surface area contributed by atoms with Gasteiger partial charge in [0.15, 0.2) is 0 Å². The summed E-state index contributed by atoms with van der Waals surface area (Å²) in [5.41, 5.74) is 2.72. The summed E-state index contributed by atoms with van der Waals surface area (Å²) in [7, 11) is 1.68. The van der Waals surface area contributed by atoms with Gasteiger partial charge in [0, 0.05) is 23.6 Å². The van der Waals surface area contributed by atoms with Crippen LogP contribution in [0.2, 0.25) is 0 Å². The number of rotatable bonds is 9. The first-order valence-corrected chi connectivity index (χ1v) is 11.8. The van der Waals surface area contributed by atoms with E-state index in [0.717, 1.165) is 59.0 Å². The zero-order valence-corrected chi connectivity index (χ0v) is 19.3. The number of hydrogen-bond acceptors (Lipinski definition) is 5. The highest BCUT2D eigenvalue weighted by molar-refractivity contribution is 5.92. The Morgan fingerprint density at radius 3 is 2.38 bits per heavy atom. The number of methoxy groups -OCH3 is 1. The molecule has 0 bridgehead atoms. The van der Waals surface area contributed by atoms with E-state index in [9.17, 15) is 0 Å². The topological polar surface area (TPSA) is 43.8 Å². The molecular formula is C27H34N2O3. The zero-order chi connectivity index (χ0) is 22.2. The van der Waals surface area contributed by atoms with Crippen LogP contribution in [0.5, 0.6) is 17.2 Å². The highest BCUT2D eigenvalue weighted by Crippen LogP contribution is 2.35. The van der Waals surface area contributed by atoms with Gasteiger partial charge in [-0.1, -0.05) is 25.8 Å². The van der Waals surface area contributed by atoms with Crippen LogP contribution in [0.3, 0.4) is 0 Å². The molecule has 2 heterocycles. The second kappa shape index (κ2) is 11.2. The Hall–Kier alpha value is -2.79. The van der Waals surface area contributed by atoms with Crippen LogP contribution < -0.4 is 14.2 Å². The summed E-state index contributed by atoms with van der Waals surface area (Å²) in [6, 6.07) is 16.1. The van der Waals surface area contributed by atoms with Crippen molar-refractivity contribution in [3.8, 4) is 28.5 Å². The predicted octanol–water partition coefficient (Wildman–Crippen LogP) is 5.95. The number of para-hydroxylation sites is 1. The van der Waals surface area contributed by atoms with E-state index in [2.05, 4.69) is 30.0 Å². The maximum atomic E-state index is 6.34. The van der Waals surface area contributed by atoms with E-state index >= 15 is 0 Å². The molecule has 1 saturated heterocycles. The Bertz CT molecular complexity index is 996. The van der Waals surface area contributed by atoms with Crippen LogP contribution in [0.15, 0.2) is 48.5 Å². The van der Waals surface area contributed by atoms with Gasteiger partial charge >= 0.3 is 0 Å². The van der Waals surface area contributed by atoms with Gasteiger partial charge in [0.25, 0.3) is 0 Å². The van der Waals surface area contributed by atoms with Crippen molar-refractivity contribution in [1.29, 1.82) is 0 Å². The Morgan fingerprint density at radius 2 is 1.66 bits per heavy atom. The van der Waals surface area contributed by atoms with Gasteiger partial charge in [0.2, 0.25) is 0 Å². The average Bonchev–Trinajstić information content (AvgIpc) is 3.11. The van der Waals surface area contributed by atoms with E-state index in [1.54, 1.807) is 7.11 Å². The highest BCUT2D eigenvalue weighted by Gasteiger charge is 2.14. The van der Waals surface area contributed by atoms with Gasteiger partial charge in [-0.3, -0.25) is 4.90 Å². The molecule has 4 rings (SSSR count). The van der Waals surface area contributed by atoms with Crippen LogP contribution in [-0.4, -0.2) is 49.8 Å². The fourth-order valence-electron chi connectivity index (χ4n) is 4.21. The van der Waals surface area contributed by atoms with Crippen molar-refractivity contribution in [3.63, 3.8) is 0 Å². The number of benzene rings is 2. The number of hydrogen-bond donors (Lipinski definition) is 0. The molecule has 170 valence electrons. The monoisotopic (exact) mass is 434 g/mol. The van der Waals surface area contributed by atoms with Gasteiger partial charge in [0.05, 0.1) is 19.4 Å². The quantitative estimate of drug-likeness (QED) is 0.416. The Morgan fingerprint density at radius 1 is 0.875 bits per heavy atom. The zero-order valence-electron chi connectivity index (χ0n) is 19.3. The van der Waals surface area contributed by atoms with E-state index in [1.807, 2.05) is 30.3 Å². The molecule has 0 spiro atoms. The van der Waals surface area contributed by atoms with Gasteiger partial charge in [0.1, 0.15) is 29.4 Å². The summed E-state index contributed by atoms with van der Waals surface area (Å²) >= 11 is 0. The Labute approximate surface area is 191 Å². The molecule has 1 aliphatic heterocycles. The van der Waals surface area contributed by atoms with Crippen LogP contribution in [-0.2, 0) is 0 Å². The maximum Gasteiger partial charge on any atom is 0.145 e. The van der Waals surface area contributed by atoms with Crippen molar-refractivity contribution in [2.75, 3.05) is 40.0 Å². The number of ether oxygens (including phenoxy) is 3. The van der Waals surface area contributed by atoms with Gasteiger partial charge in [-0.15, -0.1) is 0 Å². The molecule has 0 atom stereocenters. The smallest absolute Gasteiger partial charge is 0.145 e. The van der Waals surface area contributed by atoms with Crippen LogP contribution in [0.4, 0.5) is 0 Å². The summed E-state index contributed by atoms with van der Waals surface area (Å²) < 4.78 is 17.7. The number of aromatic nitrogens is 1. The minimum absolute atomic E-state index is 0.666. The van der Waals surface area contributed by atoms with Crippen LogP contribution in [0.1, 0.15) is 39.0 Å². The molecule has 0 N–H and O–H groups in total. The lowest BCUT2D eigenvalue weighted by Gasteiger charge is -2.20. The first-order valence-electron chi connectivity index (χ1n) is 11.8. The molecule has 0 amide bonds. The lowest BCUT2D eigenvalue weighted by molar-refractivity contribution is 0.215. The lowest BCUT2D eigenvalue weighted by atomic mass is 10.1. The molecule has 5 nitrogen and oxygen atoms in total. The summed E-state index contributed by atoms with van der Waals surface area (Å²) in [6.45, 7) is 6.79. The van der Waals surface area contributed by atoms with Crippen molar-refractivity contribution in [1.82, 2.24) is 9.88 Å². The molecule has 5 heteroatoms. The van der Waals surface area contributed by atoms with E-state index in [1.165, 1.54) is 38.8 Å². The second-order valence-electron chi connectivity index (χ2n) is 8.34. The lowest BCUT2D eigenvalue weighted by Crippen LogP contribution is -2.29. The SMILES string of the molecule is CCCOc1ccc(-c2cc(OCCN3CCCCCC3)c3cccc(OC)c3n2)cc1. The normalized spacial score (nSPS) is 14.8. The summed E-state index contributed by atoms with van der Waals surface area (Å²) in [5.74, 6) is 2.48. The molecule has 32 heavy (non-hydrogen) atoms. The van der Waals surface area contributed by atoms with Crippen molar-refractivity contribution in [2.45, 2.75) is 39.0 Å². The molecule has 0 unspecified atom stereocenters. The number of fused-ring (bicyclic) bond motifs is 1. The van der Waals surface area contributed by atoms with E-state index in [-0.39, 0.29) is 0 Å². The van der Waals surface area contributed by atoms with Crippen LogP contribution in [0, 0.1) is 0 Å². The molecule has 1 fully saturated rings. The van der Waals surface area contributed by atoms with E-state index < -0.39 is 0 Å². The summed E-state index contributed by atoms with van der Waals surface area (Å²) in [6.07, 6.45) is 6.26. The van der Waals surface area contributed by atoms with E-state index in [4.69, 9.17) is 19.2 Å². The van der Waals surface area contributed by atoms with Crippen molar-refractivity contribution in [3.05, 3.63) is 48.5 Å². The fourth-order valence-corrected chi connectivity index (χ4v) is 4.21. The molecule has 0 saturated carbocycles. The average molecular weight is 435 g/mol. The molecule has 0 aliphatic carbocycles. The number of pyridine rings is 1. The van der Waals surface area contributed by atoms with Crippen LogP contribution >= 0.6 is 0 Å². The first-order chi connectivity index (χ1) is 15.8. The van der Waals surface area contributed by atoms with Gasteiger partial charge < -0.3 is 14.2 Å². The molecule has 0 radical (unpaired) electrons. The van der Waals surface area contributed by atoms with Gasteiger partial charge in [-0.05, 0) is 68.8 Å². The molecule has 1 aromatic heterocycles. The number of nitrogens with zero attached hydrogens (tertiary/aromatic N) is 2. The van der Waals surface area contributed by atoms with Crippen LogP contribution in [0.25, 0.3) is 22.2 Å². The van der Waals surface area contributed by atoms with E-state index in [0.29, 0.717) is 6.61 Å². The standard InChI is InChI=1S/C27H34N2O3/c1-3-18-31-22-13-11-21(12-14-22)24-20-26(23-9-8-10-25(30-2)27(23)28-24)32-19-17-29-15-6-4-5-7-16-29/h8-14,20H,3-7,15-19H2,1-2H3. The Balaban J connectivity index is 1.59. The second-order valence-corrected chi connectivity index (χ2v) is 8.34. The first kappa shape index (κ1) is 22.4. The Kier molecular flexibility index (Phi) is 7.83. The number of likely N-dealkylation sites (tertiary alicyclic amines) is 1. The van der Waals surface area contributed by atoms with Gasteiger partial charge in [-0.2, -0.15) is 0 Å². The minimum atomic E-state index is 0.666. The molecular weight excluding hydrogens is 400 g/mol. The third-order valence-electron chi connectivity index (χ3n) is 5.97. The van der Waals surface area contributed by atoms with Crippen molar-refractivity contribution >= 4 is 10.9 Å². The third-order valence-corrected chi connectivity index (χ3v) is 5.97. The van der Waals surface area contributed by atoms with Crippen molar-refractivity contribution < 1.29 is 14.2 Å². The fraction of sp³-hybridized carbons (Fsp3) is 0.444. The maximum absolute atomic E-state index is 6.34. The predicted molar refractivity (Wildman–Crippen MR) is 130 cm³/mol. The summed E-state index contributed by atoms with van der Waals surface area (Å²) in [4.78, 5) is 7.44.